The standard InChI is InChI=1S/C25H17F6NO4/c1-12-7-19(15-9-16(24(26,27)28)11-17(10-15)25(29,30)31)32-21-18(12)5-6-20(21)36-23(35)14-4-2-3-13(8-14)22(33)34/h2-4,7-11,20H,5-6H2,1H3,(H,33,34)/t20-/m0/s1. The Hall–Kier alpha value is -3.89. The molecule has 1 heterocycles. The number of carbonyl (C=O) groups excluding carboxylic acids is 1. The molecule has 11 heteroatoms. The van der Waals surface area contributed by atoms with Crippen LogP contribution in [0.2, 0.25) is 0 Å². The number of carboxylic acids is 1. The highest BCUT2D eigenvalue weighted by Crippen LogP contribution is 2.41. The van der Waals surface area contributed by atoms with E-state index in [1.807, 2.05) is 0 Å². The van der Waals surface area contributed by atoms with Crippen LogP contribution in [0.3, 0.4) is 0 Å². The first kappa shape index (κ1) is 25.2. The second-order valence-corrected chi connectivity index (χ2v) is 8.30. The van der Waals surface area contributed by atoms with Gasteiger partial charge in [0, 0.05) is 5.56 Å². The smallest absolute Gasteiger partial charge is 0.416 e. The third-order valence-corrected chi connectivity index (χ3v) is 5.82. The zero-order valence-electron chi connectivity index (χ0n) is 18.5. The van der Waals surface area contributed by atoms with E-state index in [-0.39, 0.29) is 34.1 Å². The van der Waals surface area contributed by atoms with E-state index in [4.69, 9.17) is 9.84 Å². The van der Waals surface area contributed by atoms with E-state index in [0.717, 1.165) is 6.07 Å². The molecular formula is C25H17F6NO4. The third-order valence-electron chi connectivity index (χ3n) is 5.82. The lowest BCUT2D eigenvalue weighted by Crippen LogP contribution is -2.13. The lowest BCUT2D eigenvalue weighted by Gasteiger charge is -2.17. The number of pyridine rings is 1. The first-order valence-corrected chi connectivity index (χ1v) is 10.6. The van der Waals surface area contributed by atoms with E-state index in [0.29, 0.717) is 36.1 Å². The van der Waals surface area contributed by atoms with Crippen molar-refractivity contribution in [3.8, 4) is 11.3 Å². The van der Waals surface area contributed by atoms with Crippen LogP contribution in [0.25, 0.3) is 11.3 Å². The van der Waals surface area contributed by atoms with Gasteiger partial charge in [-0.05, 0) is 73.4 Å². The summed E-state index contributed by atoms with van der Waals surface area (Å²) in [5.74, 6) is -2.07. The number of aryl methyl sites for hydroxylation is 1. The summed E-state index contributed by atoms with van der Waals surface area (Å²) >= 11 is 0. The van der Waals surface area contributed by atoms with Crippen LogP contribution in [0.15, 0.2) is 48.5 Å². The quantitative estimate of drug-likeness (QED) is 0.315. The van der Waals surface area contributed by atoms with Gasteiger partial charge in [0.1, 0.15) is 6.10 Å². The second kappa shape index (κ2) is 8.96. The molecule has 0 fully saturated rings. The number of ether oxygens (including phenoxy) is 1. The van der Waals surface area contributed by atoms with Crippen molar-refractivity contribution in [3.05, 3.63) is 87.6 Å². The molecule has 1 aliphatic carbocycles. The maximum absolute atomic E-state index is 13.3. The van der Waals surface area contributed by atoms with E-state index >= 15 is 0 Å². The number of fused-ring (bicyclic) bond motifs is 1. The summed E-state index contributed by atoms with van der Waals surface area (Å²) < 4.78 is 85.4. The van der Waals surface area contributed by atoms with Crippen molar-refractivity contribution in [2.24, 2.45) is 0 Å². The van der Waals surface area contributed by atoms with Gasteiger partial charge in [0.2, 0.25) is 0 Å². The Morgan fingerprint density at radius 3 is 2.14 bits per heavy atom. The molecule has 1 aromatic heterocycles. The maximum atomic E-state index is 13.3. The normalized spacial score (nSPS) is 15.5. The Morgan fingerprint density at radius 2 is 1.56 bits per heavy atom. The molecule has 0 saturated heterocycles. The fourth-order valence-corrected chi connectivity index (χ4v) is 4.07. The lowest BCUT2D eigenvalue weighted by atomic mass is 9.99. The summed E-state index contributed by atoms with van der Waals surface area (Å²) in [6.07, 6.45) is -10.2. The number of esters is 1. The molecule has 0 spiro atoms. The Balaban J connectivity index is 1.72. The van der Waals surface area contributed by atoms with Gasteiger partial charge < -0.3 is 9.84 Å². The molecule has 36 heavy (non-hydrogen) atoms. The van der Waals surface area contributed by atoms with Crippen molar-refractivity contribution >= 4 is 11.9 Å². The van der Waals surface area contributed by atoms with Crippen LogP contribution in [0, 0.1) is 6.92 Å². The highest BCUT2D eigenvalue weighted by molar-refractivity contribution is 5.94. The van der Waals surface area contributed by atoms with Crippen LogP contribution >= 0.6 is 0 Å². The molecule has 1 atom stereocenters. The molecule has 0 radical (unpaired) electrons. The van der Waals surface area contributed by atoms with Gasteiger partial charge in [0.15, 0.2) is 0 Å². The highest BCUT2D eigenvalue weighted by atomic mass is 19.4. The Kier molecular flexibility index (Phi) is 6.27. The fraction of sp³-hybridized carbons (Fsp3) is 0.240. The SMILES string of the molecule is Cc1cc(-c2cc(C(F)(F)F)cc(C(F)(F)F)c2)nc2c1CC[C@@H]2OC(=O)c1cccc(C(=O)O)c1. The molecule has 1 aliphatic rings. The first-order valence-electron chi connectivity index (χ1n) is 10.6. The highest BCUT2D eigenvalue weighted by Gasteiger charge is 2.37. The summed E-state index contributed by atoms with van der Waals surface area (Å²) in [6.45, 7) is 1.64. The van der Waals surface area contributed by atoms with Crippen molar-refractivity contribution in [3.63, 3.8) is 0 Å². The summed E-state index contributed by atoms with van der Waals surface area (Å²) in [6, 6.07) is 7.79. The number of carboxylic acid groups (broad SMARTS) is 1. The average Bonchev–Trinajstić information content (AvgIpc) is 3.20. The predicted molar refractivity (Wildman–Crippen MR) is 114 cm³/mol. The Labute approximate surface area is 200 Å². The number of nitrogens with zero attached hydrogens (tertiary/aromatic N) is 1. The van der Waals surface area contributed by atoms with E-state index < -0.39 is 41.5 Å². The topological polar surface area (TPSA) is 76.5 Å². The molecule has 188 valence electrons. The number of carbonyl (C=O) groups is 2. The monoisotopic (exact) mass is 509 g/mol. The summed E-state index contributed by atoms with van der Waals surface area (Å²) in [7, 11) is 0. The molecule has 0 unspecified atom stereocenters. The molecule has 1 N–H and O–H groups in total. The minimum absolute atomic E-state index is 0.0241. The number of alkyl halides is 6. The van der Waals surface area contributed by atoms with Gasteiger partial charge in [-0.15, -0.1) is 0 Å². The Bertz CT molecular complexity index is 1330. The number of hydrogen-bond donors (Lipinski definition) is 1. The van der Waals surface area contributed by atoms with Crippen molar-refractivity contribution in [1.82, 2.24) is 4.98 Å². The van der Waals surface area contributed by atoms with E-state index in [1.165, 1.54) is 24.3 Å². The van der Waals surface area contributed by atoms with Gasteiger partial charge in [-0.1, -0.05) is 6.07 Å². The number of aromatic nitrogens is 1. The molecule has 5 nitrogen and oxygen atoms in total. The van der Waals surface area contributed by atoms with E-state index in [2.05, 4.69) is 4.98 Å². The molecule has 0 amide bonds. The van der Waals surface area contributed by atoms with Crippen LogP contribution in [-0.4, -0.2) is 22.0 Å². The van der Waals surface area contributed by atoms with Crippen molar-refractivity contribution in [2.75, 3.05) is 0 Å². The number of halogens is 6. The molecular weight excluding hydrogens is 492 g/mol. The summed E-state index contributed by atoms with van der Waals surface area (Å²) in [4.78, 5) is 28.1. The van der Waals surface area contributed by atoms with Crippen LogP contribution in [-0.2, 0) is 23.5 Å². The summed E-state index contributed by atoms with van der Waals surface area (Å²) in [5, 5.41) is 9.11. The van der Waals surface area contributed by atoms with Crippen LogP contribution in [0.5, 0.6) is 0 Å². The van der Waals surface area contributed by atoms with Gasteiger partial charge in [-0.25, -0.2) is 14.6 Å². The second-order valence-electron chi connectivity index (χ2n) is 8.30. The van der Waals surface area contributed by atoms with E-state index in [9.17, 15) is 35.9 Å². The maximum Gasteiger partial charge on any atom is 0.416 e. The van der Waals surface area contributed by atoms with Crippen molar-refractivity contribution in [1.29, 1.82) is 0 Å². The average molecular weight is 509 g/mol. The zero-order valence-corrected chi connectivity index (χ0v) is 18.5. The van der Waals surface area contributed by atoms with E-state index in [1.54, 1.807) is 6.92 Å². The number of benzene rings is 2. The largest absolute Gasteiger partial charge is 0.478 e. The summed E-state index contributed by atoms with van der Waals surface area (Å²) in [5.41, 5.74) is -2.10. The molecule has 4 rings (SSSR count). The minimum atomic E-state index is -5.01. The van der Waals surface area contributed by atoms with Gasteiger partial charge >= 0.3 is 24.3 Å². The number of rotatable bonds is 4. The van der Waals surface area contributed by atoms with Crippen molar-refractivity contribution in [2.45, 2.75) is 38.2 Å². The van der Waals surface area contributed by atoms with Crippen molar-refractivity contribution < 1.29 is 45.8 Å². The first-order chi connectivity index (χ1) is 16.7. The third kappa shape index (κ3) is 5.05. The zero-order chi connectivity index (χ0) is 26.4. The molecule has 0 aliphatic heterocycles. The molecule has 0 saturated carbocycles. The number of hydrogen-bond acceptors (Lipinski definition) is 4. The molecule has 3 aromatic rings. The van der Waals surface area contributed by atoms with Crippen LogP contribution in [0.1, 0.15) is 61.2 Å². The Morgan fingerprint density at radius 1 is 0.944 bits per heavy atom. The lowest BCUT2D eigenvalue weighted by molar-refractivity contribution is -0.143. The minimum Gasteiger partial charge on any atom is -0.478 e. The predicted octanol–water partition coefficient (Wildman–Crippen LogP) is 6.64. The van der Waals surface area contributed by atoms with Crippen LogP contribution in [0.4, 0.5) is 26.3 Å². The molecule has 2 aromatic carbocycles. The van der Waals surface area contributed by atoms with Crippen LogP contribution < -0.4 is 0 Å². The molecule has 0 bridgehead atoms. The fourth-order valence-electron chi connectivity index (χ4n) is 4.07. The van der Waals surface area contributed by atoms with Gasteiger partial charge in [0.05, 0.1) is 33.6 Å². The number of aromatic carboxylic acids is 1. The van der Waals surface area contributed by atoms with Gasteiger partial charge in [-0.3, -0.25) is 0 Å². The van der Waals surface area contributed by atoms with Gasteiger partial charge in [-0.2, -0.15) is 26.3 Å². The van der Waals surface area contributed by atoms with Gasteiger partial charge in [0.25, 0.3) is 0 Å².